The van der Waals surface area contributed by atoms with Gasteiger partial charge in [-0.1, -0.05) is 13.3 Å². The van der Waals surface area contributed by atoms with Gasteiger partial charge in [0.2, 0.25) is 11.7 Å². The molecule has 1 amide bonds. The molecule has 2 unspecified atom stereocenters. The number of rotatable bonds is 5. The molecule has 24 heavy (non-hydrogen) atoms. The predicted octanol–water partition coefficient (Wildman–Crippen LogP) is 1.86. The molecule has 1 N–H and O–H groups in total. The summed E-state index contributed by atoms with van der Waals surface area (Å²) in [5.74, 6) is -2.61. The minimum atomic E-state index is -1.38. The van der Waals surface area contributed by atoms with E-state index in [1.807, 2.05) is 18.7 Å². The zero-order valence-electron chi connectivity index (χ0n) is 14.6. The zero-order chi connectivity index (χ0) is 17.2. The van der Waals surface area contributed by atoms with E-state index in [9.17, 15) is 9.59 Å². The number of nitrogens with zero attached hydrogens (tertiary/aromatic N) is 1. The van der Waals surface area contributed by atoms with Gasteiger partial charge in [-0.3, -0.25) is 14.4 Å². The third kappa shape index (κ3) is 3.30. The second kappa shape index (κ2) is 6.98. The quantitative estimate of drug-likeness (QED) is 0.770. The van der Waals surface area contributed by atoms with Crippen molar-refractivity contribution in [3.05, 3.63) is 0 Å². The predicted molar refractivity (Wildman–Crippen MR) is 85.5 cm³/mol. The van der Waals surface area contributed by atoms with E-state index in [0.717, 1.165) is 32.2 Å². The first-order chi connectivity index (χ1) is 11.5. The molecule has 3 aliphatic rings. The average molecular weight is 340 g/mol. The van der Waals surface area contributed by atoms with E-state index < -0.39 is 17.5 Å². The average Bonchev–Trinajstić information content (AvgIpc) is 3.07. The summed E-state index contributed by atoms with van der Waals surface area (Å²) in [5.41, 5.74) is 2.82. The molecule has 3 fully saturated rings. The lowest BCUT2D eigenvalue weighted by Gasteiger charge is -2.31. The second-order valence-corrected chi connectivity index (χ2v) is 7.01. The highest BCUT2D eigenvalue weighted by Gasteiger charge is 2.63. The summed E-state index contributed by atoms with van der Waals surface area (Å²) in [6.07, 6.45) is 6.07. The Bertz CT molecular complexity index is 491. The van der Waals surface area contributed by atoms with Crippen LogP contribution in [0.25, 0.3) is 0 Å². The molecule has 3 rings (SSSR count). The minimum absolute atomic E-state index is 0.0660. The highest BCUT2D eigenvalue weighted by atomic mass is 16.9. The molecule has 7 nitrogen and oxygen atoms in total. The SMILES string of the molecule is CCCN(CC)C(=O)CC1CC2(ON1)OC1(CCCCC1)OC2=O. The van der Waals surface area contributed by atoms with Gasteiger partial charge in [-0.05, 0) is 26.2 Å². The molecule has 1 saturated carbocycles. The fourth-order valence-corrected chi connectivity index (χ4v) is 3.86. The van der Waals surface area contributed by atoms with Gasteiger partial charge in [-0.25, -0.2) is 4.79 Å². The third-order valence-electron chi connectivity index (χ3n) is 5.11. The summed E-state index contributed by atoms with van der Waals surface area (Å²) in [6, 6.07) is -0.241. The van der Waals surface area contributed by atoms with Gasteiger partial charge in [0, 0.05) is 44.8 Å². The summed E-state index contributed by atoms with van der Waals surface area (Å²) in [4.78, 5) is 32.1. The van der Waals surface area contributed by atoms with E-state index in [2.05, 4.69) is 5.48 Å². The normalized spacial score (nSPS) is 31.6. The van der Waals surface area contributed by atoms with Crippen molar-refractivity contribution in [2.24, 2.45) is 0 Å². The van der Waals surface area contributed by atoms with Crippen LogP contribution >= 0.6 is 0 Å². The third-order valence-corrected chi connectivity index (χ3v) is 5.11. The molecule has 2 heterocycles. The number of amides is 1. The van der Waals surface area contributed by atoms with E-state index in [1.54, 1.807) is 0 Å². The van der Waals surface area contributed by atoms with Crippen LogP contribution in [0.2, 0.25) is 0 Å². The van der Waals surface area contributed by atoms with Crippen molar-refractivity contribution >= 4 is 11.9 Å². The van der Waals surface area contributed by atoms with Crippen LogP contribution in [0.4, 0.5) is 0 Å². The molecule has 0 aromatic carbocycles. The maximum Gasteiger partial charge on any atom is 0.371 e. The number of nitrogens with one attached hydrogen (secondary N) is 1. The van der Waals surface area contributed by atoms with Gasteiger partial charge in [0.05, 0.1) is 0 Å². The molecule has 1 aliphatic carbocycles. The molecular weight excluding hydrogens is 312 g/mol. The molecule has 2 spiro atoms. The number of carbonyl (C=O) groups is 2. The largest absolute Gasteiger partial charge is 0.429 e. The number of hydrogen-bond acceptors (Lipinski definition) is 6. The monoisotopic (exact) mass is 340 g/mol. The molecule has 0 bridgehead atoms. The van der Waals surface area contributed by atoms with Gasteiger partial charge in [0.25, 0.3) is 5.79 Å². The molecule has 2 saturated heterocycles. The Morgan fingerprint density at radius 2 is 2.04 bits per heavy atom. The highest BCUT2D eigenvalue weighted by molar-refractivity contribution is 5.81. The first-order valence-electron chi connectivity index (χ1n) is 9.17. The second-order valence-electron chi connectivity index (χ2n) is 7.01. The van der Waals surface area contributed by atoms with Crippen molar-refractivity contribution in [1.82, 2.24) is 10.4 Å². The fourth-order valence-electron chi connectivity index (χ4n) is 3.86. The van der Waals surface area contributed by atoms with Gasteiger partial charge in [-0.2, -0.15) is 5.48 Å². The van der Waals surface area contributed by atoms with Crippen LogP contribution in [0, 0.1) is 0 Å². The smallest absolute Gasteiger partial charge is 0.371 e. The lowest BCUT2D eigenvalue weighted by Crippen LogP contribution is -2.39. The van der Waals surface area contributed by atoms with E-state index in [-0.39, 0.29) is 11.9 Å². The van der Waals surface area contributed by atoms with Crippen LogP contribution in [0.1, 0.15) is 65.2 Å². The summed E-state index contributed by atoms with van der Waals surface area (Å²) < 4.78 is 11.6. The Morgan fingerprint density at radius 1 is 1.29 bits per heavy atom. The van der Waals surface area contributed by atoms with Gasteiger partial charge in [0.15, 0.2) is 0 Å². The van der Waals surface area contributed by atoms with Crippen molar-refractivity contribution in [1.29, 1.82) is 0 Å². The Labute approximate surface area is 142 Å². The van der Waals surface area contributed by atoms with Crippen LogP contribution in [0.15, 0.2) is 0 Å². The molecule has 0 aromatic rings. The fraction of sp³-hybridized carbons (Fsp3) is 0.882. The molecule has 136 valence electrons. The number of hydrogen-bond donors (Lipinski definition) is 1. The first-order valence-corrected chi connectivity index (χ1v) is 9.17. The Morgan fingerprint density at radius 3 is 2.71 bits per heavy atom. The van der Waals surface area contributed by atoms with E-state index in [4.69, 9.17) is 14.3 Å². The maximum atomic E-state index is 12.4. The first kappa shape index (κ1) is 17.6. The van der Waals surface area contributed by atoms with Crippen LogP contribution in [0.3, 0.4) is 0 Å². The van der Waals surface area contributed by atoms with Gasteiger partial charge in [0.1, 0.15) is 0 Å². The highest BCUT2D eigenvalue weighted by Crippen LogP contribution is 2.46. The van der Waals surface area contributed by atoms with Gasteiger partial charge in [-0.15, -0.1) is 0 Å². The zero-order valence-corrected chi connectivity index (χ0v) is 14.6. The topological polar surface area (TPSA) is 77.1 Å². The standard InChI is InChI=1S/C17H28N2O5/c1-3-10-19(4-2)14(20)11-13-12-17(24-18-13)15(21)22-16(23-17)8-6-5-7-9-16/h13,18H,3-12H2,1-2H3. The van der Waals surface area contributed by atoms with Crippen LogP contribution in [-0.4, -0.2) is 47.5 Å². The number of esters is 1. The lowest BCUT2D eigenvalue weighted by molar-refractivity contribution is -0.270. The van der Waals surface area contributed by atoms with Crippen LogP contribution in [0.5, 0.6) is 0 Å². The Hall–Kier alpha value is -1.18. The van der Waals surface area contributed by atoms with Crippen LogP contribution in [-0.2, 0) is 23.9 Å². The van der Waals surface area contributed by atoms with E-state index in [0.29, 0.717) is 32.2 Å². The molecule has 2 atom stereocenters. The maximum absolute atomic E-state index is 12.4. The summed E-state index contributed by atoms with van der Waals surface area (Å²) >= 11 is 0. The van der Waals surface area contributed by atoms with Crippen LogP contribution < -0.4 is 5.48 Å². The Kier molecular flexibility index (Phi) is 5.13. The van der Waals surface area contributed by atoms with Crippen molar-refractivity contribution < 1.29 is 23.9 Å². The molecule has 0 radical (unpaired) electrons. The van der Waals surface area contributed by atoms with E-state index >= 15 is 0 Å². The molecular formula is C17H28N2O5. The number of hydroxylamine groups is 1. The number of ether oxygens (including phenoxy) is 2. The van der Waals surface area contributed by atoms with Crippen molar-refractivity contribution in [3.8, 4) is 0 Å². The summed E-state index contributed by atoms with van der Waals surface area (Å²) in [7, 11) is 0. The summed E-state index contributed by atoms with van der Waals surface area (Å²) in [5, 5.41) is 0. The minimum Gasteiger partial charge on any atom is -0.429 e. The Balaban J connectivity index is 1.60. The van der Waals surface area contributed by atoms with E-state index in [1.165, 1.54) is 0 Å². The molecule has 2 aliphatic heterocycles. The molecule has 7 heteroatoms. The van der Waals surface area contributed by atoms with Gasteiger partial charge >= 0.3 is 5.97 Å². The van der Waals surface area contributed by atoms with Crippen molar-refractivity contribution in [2.45, 2.75) is 82.8 Å². The van der Waals surface area contributed by atoms with Crippen molar-refractivity contribution in [3.63, 3.8) is 0 Å². The molecule has 0 aromatic heterocycles. The number of carbonyl (C=O) groups excluding carboxylic acids is 2. The van der Waals surface area contributed by atoms with Gasteiger partial charge < -0.3 is 9.64 Å². The summed E-state index contributed by atoms with van der Waals surface area (Å²) in [6.45, 7) is 5.45. The lowest BCUT2D eigenvalue weighted by atomic mass is 9.94. The van der Waals surface area contributed by atoms with Crippen molar-refractivity contribution in [2.75, 3.05) is 13.1 Å².